The Balaban J connectivity index is 2.21. The number of nitrogens with one attached hydrogen (secondary N) is 1. The van der Waals surface area contributed by atoms with Gasteiger partial charge < -0.3 is 5.32 Å². The molecule has 0 radical (unpaired) electrons. The minimum atomic E-state index is -0.181. The molecule has 0 bridgehead atoms. The summed E-state index contributed by atoms with van der Waals surface area (Å²) < 4.78 is 17.2. The van der Waals surface area contributed by atoms with Crippen molar-refractivity contribution in [2.24, 2.45) is 0 Å². The molecule has 0 fully saturated rings. The highest BCUT2D eigenvalue weighted by molar-refractivity contribution is 7.05. The lowest BCUT2D eigenvalue weighted by atomic mass is 9.99. The first-order valence-corrected chi connectivity index (χ1v) is 7.66. The van der Waals surface area contributed by atoms with Gasteiger partial charge in [-0.05, 0) is 68.0 Å². The highest BCUT2D eigenvalue weighted by Gasteiger charge is 2.18. The van der Waals surface area contributed by atoms with E-state index in [9.17, 15) is 4.39 Å². The van der Waals surface area contributed by atoms with Crippen LogP contribution in [0.4, 0.5) is 4.39 Å². The van der Waals surface area contributed by atoms with Crippen LogP contribution in [0.15, 0.2) is 18.2 Å². The zero-order chi connectivity index (χ0) is 14.5. The average molecular weight is 293 g/mol. The van der Waals surface area contributed by atoms with Gasteiger partial charge in [-0.15, -0.1) is 5.10 Å². The van der Waals surface area contributed by atoms with Gasteiger partial charge in [-0.25, -0.2) is 4.39 Å². The van der Waals surface area contributed by atoms with Crippen LogP contribution in [0.3, 0.4) is 0 Å². The van der Waals surface area contributed by atoms with Gasteiger partial charge in [-0.2, -0.15) is 0 Å². The summed E-state index contributed by atoms with van der Waals surface area (Å²) in [4.78, 5) is 1.17. The quantitative estimate of drug-likeness (QED) is 0.884. The molecule has 0 aliphatic carbocycles. The number of nitrogens with zero attached hydrogens (tertiary/aromatic N) is 2. The summed E-state index contributed by atoms with van der Waals surface area (Å²) in [6.45, 7) is 7.03. The Morgan fingerprint density at radius 2 is 2.15 bits per heavy atom. The second kappa shape index (κ2) is 6.90. The molecule has 20 heavy (non-hydrogen) atoms. The Labute approximate surface area is 123 Å². The van der Waals surface area contributed by atoms with Crippen LogP contribution in [0.1, 0.15) is 41.1 Å². The molecule has 2 aromatic rings. The van der Waals surface area contributed by atoms with Crippen molar-refractivity contribution in [2.75, 3.05) is 6.54 Å². The molecular formula is C15H20FN3S. The fourth-order valence-corrected chi connectivity index (χ4v) is 2.96. The molecule has 1 unspecified atom stereocenters. The molecule has 2 rings (SSSR count). The van der Waals surface area contributed by atoms with E-state index < -0.39 is 0 Å². The molecule has 1 N–H and O–H groups in total. The number of hydrogen-bond donors (Lipinski definition) is 1. The summed E-state index contributed by atoms with van der Waals surface area (Å²) in [5, 5.41) is 7.63. The fraction of sp³-hybridized carbons (Fsp3) is 0.467. The lowest BCUT2D eigenvalue weighted by Gasteiger charge is -2.18. The molecule has 0 aliphatic rings. The fourth-order valence-electron chi connectivity index (χ4n) is 2.24. The van der Waals surface area contributed by atoms with E-state index in [-0.39, 0.29) is 11.9 Å². The van der Waals surface area contributed by atoms with E-state index in [2.05, 4.69) is 21.8 Å². The largest absolute Gasteiger partial charge is 0.309 e. The van der Waals surface area contributed by atoms with E-state index in [4.69, 9.17) is 0 Å². The summed E-state index contributed by atoms with van der Waals surface area (Å²) in [6, 6.07) is 5.18. The molecule has 0 saturated heterocycles. The molecule has 0 spiro atoms. The van der Waals surface area contributed by atoms with Crippen LogP contribution in [-0.2, 0) is 6.42 Å². The van der Waals surface area contributed by atoms with Crippen molar-refractivity contribution in [2.45, 2.75) is 39.7 Å². The lowest BCUT2D eigenvalue weighted by Crippen LogP contribution is -2.24. The second-order valence-electron chi connectivity index (χ2n) is 5.00. The number of hydrogen-bond acceptors (Lipinski definition) is 4. The SMILES string of the molecule is CCCNC(Cc1ccc(F)cc1C)c1snnc1C. The molecule has 0 amide bonds. The smallest absolute Gasteiger partial charge is 0.123 e. The number of benzene rings is 1. The minimum Gasteiger partial charge on any atom is -0.309 e. The van der Waals surface area contributed by atoms with E-state index in [1.54, 1.807) is 6.07 Å². The molecule has 1 atom stereocenters. The van der Waals surface area contributed by atoms with E-state index >= 15 is 0 Å². The number of halogens is 1. The van der Waals surface area contributed by atoms with E-state index in [1.807, 2.05) is 19.9 Å². The minimum absolute atomic E-state index is 0.181. The van der Waals surface area contributed by atoms with Crippen molar-refractivity contribution >= 4 is 11.5 Å². The Bertz CT molecular complexity index is 568. The normalized spacial score (nSPS) is 12.6. The maximum atomic E-state index is 13.2. The standard InChI is InChI=1S/C15H20FN3S/c1-4-7-17-14(15-11(3)18-19-20-15)9-12-5-6-13(16)8-10(12)2/h5-6,8,14,17H,4,7,9H2,1-3H3. The molecule has 5 heteroatoms. The predicted molar refractivity (Wildman–Crippen MR) is 80.5 cm³/mol. The third-order valence-electron chi connectivity index (χ3n) is 3.37. The Kier molecular flexibility index (Phi) is 5.20. The van der Waals surface area contributed by atoms with Crippen molar-refractivity contribution in [3.05, 3.63) is 45.7 Å². The van der Waals surface area contributed by atoms with Gasteiger partial charge in [0.05, 0.1) is 10.6 Å². The molecule has 1 aromatic carbocycles. The molecule has 108 valence electrons. The van der Waals surface area contributed by atoms with Gasteiger partial charge in [0.2, 0.25) is 0 Å². The maximum absolute atomic E-state index is 13.2. The first-order valence-electron chi connectivity index (χ1n) is 6.89. The van der Waals surface area contributed by atoms with Gasteiger partial charge in [0, 0.05) is 6.04 Å². The first-order chi connectivity index (χ1) is 9.61. The lowest BCUT2D eigenvalue weighted by molar-refractivity contribution is 0.532. The van der Waals surface area contributed by atoms with Gasteiger partial charge in [0.25, 0.3) is 0 Å². The van der Waals surface area contributed by atoms with Crippen LogP contribution in [0.5, 0.6) is 0 Å². The first kappa shape index (κ1) is 15.1. The summed E-state index contributed by atoms with van der Waals surface area (Å²) >= 11 is 1.44. The third-order valence-corrected chi connectivity index (χ3v) is 4.31. The van der Waals surface area contributed by atoms with Gasteiger partial charge in [0.1, 0.15) is 5.82 Å². The van der Waals surface area contributed by atoms with Crippen LogP contribution >= 0.6 is 11.5 Å². The molecule has 1 aromatic heterocycles. The summed E-state index contributed by atoms with van der Waals surface area (Å²) in [7, 11) is 0. The van der Waals surface area contributed by atoms with Crippen LogP contribution in [-0.4, -0.2) is 16.1 Å². The topological polar surface area (TPSA) is 37.8 Å². The van der Waals surface area contributed by atoms with E-state index in [0.29, 0.717) is 0 Å². The summed E-state index contributed by atoms with van der Waals surface area (Å²) in [5.41, 5.74) is 3.12. The zero-order valence-electron chi connectivity index (χ0n) is 12.1. The Morgan fingerprint density at radius 3 is 2.75 bits per heavy atom. The van der Waals surface area contributed by atoms with Crippen molar-refractivity contribution in [1.29, 1.82) is 0 Å². The van der Waals surface area contributed by atoms with Crippen molar-refractivity contribution in [1.82, 2.24) is 14.9 Å². The molecule has 0 saturated carbocycles. The van der Waals surface area contributed by atoms with Crippen molar-refractivity contribution < 1.29 is 4.39 Å². The van der Waals surface area contributed by atoms with Gasteiger partial charge in [0.15, 0.2) is 0 Å². The van der Waals surface area contributed by atoms with Gasteiger partial charge >= 0.3 is 0 Å². The van der Waals surface area contributed by atoms with Crippen molar-refractivity contribution in [3.63, 3.8) is 0 Å². The van der Waals surface area contributed by atoms with Crippen molar-refractivity contribution in [3.8, 4) is 0 Å². The maximum Gasteiger partial charge on any atom is 0.123 e. The van der Waals surface area contributed by atoms with Crippen LogP contribution in [0.25, 0.3) is 0 Å². The monoisotopic (exact) mass is 293 g/mol. The van der Waals surface area contributed by atoms with Crippen LogP contribution in [0.2, 0.25) is 0 Å². The highest BCUT2D eigenvalue weighted by atomic mass is 32.1. The molecule has 1 heterocycles. The molecule has 0 aliphatic heterocycles. The number of aromatic nitrogens is 2. The van der Waals surface area contributed by atoms with Gasteiger partial charge in [-0.1, -0.05) is 17.5 Å². The number of rotatable bonds is 6. The predicted octanol–water partition coefficient (Wildman–Crippen LogP) is 3.58. The average Bonchev–Trinajstić information content (AvgIpc) is 2.83. The summed E-state index contributed by atoms with van der Waals surface area (Å²) in [6.07, 6.45) is 1.90. The zero-order valence-corrected chi connectivity index (χ0v) is 12.9. The van der Waals surface area contributed by atoms with E-state index in [0.717, 1.165) is 36.2 Å². The second-order valence-corrected chi connectivity index (χ2v) is 5.79. The van der Waals surface area contributed by atoms with Gasteiger partial charge in [-0.3, -0.25) is 0 Å². The molecule has 3 nitrogen and oxygen atoms in total. The highest BCUT2D eigenvalue weighted by Crippen LogP contribution is 2.25. The Morgan fingerprint density at radius 1 is 1.35 bits per heavy atom. The molecular weight excluding hydrogens is 273 g/mol. The van der Waals surface area contributed by atoms with Crippen LogP contribution < -0.4 is 5.32 Å². The summed E-state index contributed by atoms with van der Waals surface area (Å²) in [5.74, 6) is -0.181. The number of aryl methyl sites for hydroxylation is 2. The van der Waals surface area contributed by atoms with Crippen LogP contribution in [0, 0.1) is 19.7 Å². The van der Waals surface area contributed by atoms with E-state index in [1.165, 1.54) is 22.5 Å². The Hall–Kier alpha value is -1.33. The third kappa shape index (κ3) is 3.61.